The van der Waals surface area contributed by atoms with Gasteiger partial charge in [0.15, 0.2) is 0 Å². The number of nitro benzene ring substituents is 1. The molecule has 0 spiro atoms. The van der Waals surface area contributed by atoms with Crippen LogP contribution in [0.2, 0.25) is 0 Å². The molecule has 4 heteroatoms. The predicted octanol–water partition coefficient (Wildman–Crippen LogP) is 2.37. The lowest BCUT2D eigenvalue weighted by Gasteiger charge is -2.24. The summed E-state index contributed by atoms with van der Waals surface area (Å²) >= 11 is 0. The number of hydrogen-bond acceptors (Lipinski definition) is 3. The van der Waals surface area contributed by atoms with Crippen LogP contribution in [0.1, 0.15) is 29.9 Å². The molecule has 16 heavy (non-hydrogen) atoms. The first-order chi connectivity index (χ1) is 7.70. The van der Waals surface area contributed by atoms with Crippen molar-refractivity contribution >= 4 is 5.69 Å². The van der Waals surface area contributed by atoms with Crippen LogP contribution in [0.25, 0.3) is 0 Å². The van der Waals surface area contributed by atoms with Gasteiger partial charge in [0, 0.05) is 11.6 Å². The number of nitro groups is 1. The van der Waals surface area contributed by atoms with Crippen LogP contribution in [-0.4, -0.2) is 18.0 Å². The molecule has 1 fully saturated rings. The van der Waals surface area contributed by atoms with E-state index in [4.69, 9.17) is 0 Å². The van der Waals surface area contributed by atoms with Crippen LogP contribution in [0.3, 0.4) is 0 Å². The zero-order chi connectivity index (χ0) is 11.5. The van der Waals surface area contributed by atoms with Gasteiger partial charge in [-0.1, -0.05) is 12.1 Å². The lowest BCUT2D eigenvalue weighted by Crippen LogP contribution is -2.27. The van der Waals surface area contributed by atoms with Gasteiger partial charge >= 0.3 is 0 Å². The third-order valence-corrected chi connectivity index (χ3v) is 3.32. The third-order valence-electron chi connectivity index (χ3n) is 3.32. The van der Waals surface area contributed by atoms with E-state index in [0.29, 0.717) is 5.92 Å². The van der Waals surface area contributed by atoms with E-state index in [9.17, 15) is 10.1 Å². The Hall–Kier alpha value is -1.42. The van der Waals surface area contributed by atoms with Crippen LogP contribution in [0, 0.1) is 17.0 Å². The average Bonchev–Trinajstić information content (AvgIpc) is 2.30. The first-order valence-electron chi connectivity index (χ1n) is 5.65. The number of piperidine rings is 1. The Bertz CT molecular complexity index is 398. The number of rotatable bonds is 2. The summed E-state index contributed by atoms with van der Waals surface area (Å²) in [6.45, 7) is 3.87. The van der Waals surface area contributed by atoms with Crippen LogP contribution in [0.5, 0.6) is 0 Å². The Labute approximate surface area is 94.8 Å². The molecule has 1 saturated heterocycles. The van der Waals surface area contributed by atoms with Crippen LogP contribution >= 0.6 is 0 Å². The van der Waals surface area contributed by atoms with Crippen molar-refractivity contribution in [2.45, 2.75) is 25.7 Å². The Kier molecular flexibility index (Phi) is 3.19. The predicted molar refractivity (Wildman–Crippen MR) is 62.7 cm³/mol. The van der Waals surface area contributed by atoms with Gasteiger partial charge in [0.1, 0.15) is 0 Å². The van der Waals surface area contributed by atoms with E-state index in [0.717, 1.165) is 37.1 Å². The van der Waals surface area contributed by atoms with E-state index in [-0.39, 0.29) is 10.6 Å². The maximum absolute atomic E-state index is 10.8. The fraction of sp³-hybridized carbons (Fsp3) is 0.500. The molecule has 0 amide bonds. The van der Waals surface area contributed by atoms with Gasteiger partial charge in [0.2, 0.25) is 0 Å². The summed E-state index contributed by atoms with van der Waals surface area (Å²) in [6, 6.07) is 5.40. The molecule has 1 aromatic rings. The molecule has 1 aromatic carbocycles. The van der Waals surface area contributed by atoms with Crippen molar-refractivity contribution in [2.24, 2.45) is 0 Å². The topological polar surface area (TPSA) is 55.2 Å². The van der Waals surface area contributed by atoms with Gasteiger partial charge in [-0.3, -0.25) is 10.1 Å². The van der Waals surface area contributed by atoms with Gasteiger partial charge in [-0.05, 0) is 44.3 Å². The fourth-order valence-electron chi connectivity index (χ4n) is 2.41. The quantitative estimate of drug-likeness (QED) is 0.615. The second kappa shape index (κ2) is 4.61. The monoisotopic (exact) mass is 220 g/mol. The SMILES string of the molecule is Cc1c(C2CCNCC2)cccc1[N+](=O)[O-]. The highest BCUT2D eigenvalue weighted by Gasteiger charge is 2.21. The molecule has 1 heterocycles. The first kappa shape index (κ1) is 11.1. The number of hydrogen-bond donors (Lipinski definition) is 1. The summed E-state index contributed by atoms with van der Waals surface area (Å²) in [4.78, 5) is 10.6. The van der Waals surface area contributed by atoms with Crippen molar-refractivity contribution in [1.82, 2.24) is 5.32 Å². The number of nitrogens with zero attached hydrogens (tertiary/aromatic N) is 1. The minimum absolute atomic E-state index is 0.246. The largest absolute Gasteiger partial charge is 0.317 e. The Morgan fingerprint density at radius 3 is 2.69 bits per heavy atom. The minimum Gasteiger partial charge on any atom is -0.317 e. The summed E-state index contributed by atoms with van der Waals surface area (Å²) < 4.78 is 0. The summed E-state index contributed by atoms with van der Waals surface area (Å²) in [7, 11) is 0. The molecule has 1 aliphatic heterocycles. The Morgan fingerprint density at radius 1 is 1.38 bits per heavy atom. The van der Waals surface area contributed by atoms with Crippen LogP contribution in [-0.2, 0) is 0 Å². The zero-order valence-electron chi connectivity index (χ0n) is 9.40. The number of benzene rings is 1. The highest BCUT2D eigenvalue weighted by Crippen LogP contribution is 2.31. The highest BCUT2D eigenvalue weighted by atomic mass is 16.6. The molecular weight excluding hydrogens is 204 g/mol. The molecule has 1 N–H and O–H groups in total. The van der Waals surface area contributed by atoms with E-state index in [1.807, 2.05) is 13.0 Å². The standard InChI is InChI=1S/C12H16N2O2/c1-9-11(10-5-7-13-8-6-10)3-2-4-12(9)14(15)16/h2-4,10,13H,5-8H2,1H3. The van der Waals surface area contributed by atoms with Crippen molar-refractivity contribution in [3.05, 3.63) is 39.4 Å². The molecular formula is C12H16N2O2. The molecule has 1 aliphatic rings. The Morgan fingerprint density at radius 2 is 2.06 bits per heavy atom. The smallest absolute Gasteiger partial charge is 0.272 e. The molecule has 0 radical (unpaired) electrons. The summed E-state index contributed by atoms with van der Waals surface area (Å²) in [5, 5.41) is 14.2. The van der Waals surface area contributed by atoms with Gasteiger partial charge in [-0.2, -0.15) is 0 Å². The lowest BCUT2D eigenvalue weighted by molar-refractivity contribution is -0.385. The van der Waals surface area contributed by atoms with Gasteiger partial charge < -0.3 is 5.32 Å². The molecule has 86 valence electrons. The maximum Gasteiger partial charge on any atom is 0.272 e. The zero-order valence-corrected chi connectivity index (χ0v) is 9.40. The molecule has 0 aliphatic carbocycles. The van der Waals surface area contributed by atoms with E-state index < -0.39 is 0 Å². The average molecular weight is 220 g/mol. The van der Waals surface area contributed by atoms with E-state index >= 15 is 0 Å². The molecule has 0 unspecified atom stereocenters. The molecule has 2 rings (SSSR count). The van der Waals surface area contributed by atoms with Gasteiger partial charge in [-0.15, -0.1) is 0 Å². The lowest BCUT2D eigenvalue weighted by atomic mass is 9.87. The van der Waals surface area contributed by atoms with Crippen molar-refractivity contribution in [2.75, 3.05) is 13.1 Å². The second-order valence-corrected chi connectivity index (χ2v) is 4.27. The fourth-order valence-corrected chi connectivity index (χ4v) is 2.41. The number of nitrogens with one attached hydrogen (secondary N) is 1. The summed E-state index contributed by atoms with van der Waals surface area (Å²) in [5.74, 6) is 0.473. The summed E-state index contributed by atoms with van der Waals surface area (Å²) in [6.07, 6.45) is 2.14. The van der Waals surface area contributed by atoms with Crippen molar-refractivity contribution in [1.29, 1.82) is 0 Å². The van der Waals surface area contributed by atoms with Crippen LogP contribution in [0.15, 0.2) is 18.2 Å². The van der Waals surface area contributed by atoms with Crippen molar-refractivity contribution in [3.8, 4) is 0 Å². The van der Waals surface area contributed by atoms with Crippen molar-refractivity contribution < 1.29 is 4.92 Å². The van der Waals surface area contributed by atoms with Gasteiger partial charge in [-0.25, -0.2) is 0 Å². The molecule has 4 nitrogen and oxygen atoms in total. The molecule has 0 saturated carbocycles. The third kappa shape index (κ3) is 2.07. The van der Waals surface area contributed by atoms with Crippen LogP contribution in [0.4, 0.5) is 5.69 Å². The molecule has 0 aromatic heterocycles. The molecule has 0 bridgehead atoms. The van der Waals surface area contributed by atoms with E-state index in [1.165, 1.54) is 0 Å². The second-order valence-electron chi connectivity index (χ2n) is 4.27. The summed E-state index contributed by atoms with van der Waals surface area (Å²) in [5.41, 5.74) is 2.23. The Balaban J connectivity index is 2.33. The first-order valence-corrected chi connectivity index (χ1v) is 5.65. The van der Waals surface area contributed by atoms with Gasteiger partial charge in [0.05, 0.1) is 4.92 Å². The maximum atomic E-state index is 10.8. The molecule has 0 atom stereocenters. The highest BCUT2D eigenvalue weighted by molar-refractivity contribution is 5.46. The van der Waals surface area contributed by atoms with E-state index in [1.54, 1.807) is 12.1 Å². The van der Waals surface area contributed by atoms with Crippen LogP contribution < -0.4 is 5.32 Å². The normalized spacial score (nSPS) is 17.3. The van der Waals surface area contributed by atoms with Crippen molar-refractivity contribution in [3.63, 3.8) is 0 Å². The minimum atomic E-state index is -0.292. The van der Waals surface area contributed by atoms with Gasteiger partial charge in [0.25, 0.3) is 5.69 Å². The van der Waals surface area contributed by atoms with E-state index in [2.05, 4.69) is 5.32 Å².